The van der Waals surface area contributed by atoms with Gasteiger partial charge in [0, 0.05) is 16.3 Å². The van der Waals surface area contributed by atoms with Crippen LogP contribution in [0.2, 0.25) is 5.02 Å². The predicted octanol–water partition coefficient (Wildman–Crippen LogP) is 3.70. The maximum absolute atomic E-state index is 12.4. The molecule has 1 amide bonds. The van der Waals surface area contributed by atoms with Crippen molar-refractivity contribution in [1.82, 2.24) is 5.43 Å². The lowest BCUT2D eigenvalue weighted by Gasteiger charge is -2.18. The number of nitrogens with one attached hydrogen (secondary N) is 2. The third kappa shape index (κ3) is 5.13. The highest BCUT2D eigenvalue weighted by atomic mass is 35.5. The molecule has 6 nitrogen and oxygen atoms in total. The monoisotopic (exact) mass is 375 g/mol. The van der Waals surface area contributed by atoms with E-state index in [-0.39, 0.29) is 11.7 Å². The fourth-order valence-electron chi connectivity index (χ4n) is 2.34. The molecule has 0 aromatic heterocycles. The second-order valence-electron chi connectivity index (χ2n) is 5.72. The largest absolute Gasteiger partial charge is 0.507 e. The van der Waals surface area contributed by atoms with E-state index >= 15 is 0 Å². The third-order valence-corrected chi connectivity index (χ3v) is 4.09. The Bertz CT molecular complexity index is 809. The first-order valence-corrected chi connectivity index (χ1v) is 8.55. The van der Waals surface area contributed by atoms with Crippen LogP contribution >= 0.6 is 11.6 Å². The van der Waals surface area contributed by atoms with Crippen molar-refractivity contribution in [3.63, 3.8) is 0 Å². The second-order valence-corrected chi connectivity index (χ2v) is 6.16. The smallest absolute Gasteiger partial charge is 0.262 e. The Balaban J connectivity index is 2.03. The molecule has 7 heteroatoms. The first-order valence-electron chi connectivity index (χ1n) is 8.17. The zero-order valence-corrected chi connectivity index (χ0v) is 15.7. The molecule has 0 saturated heterocycles. The quantitative estimate of drug-likeness (QED) is 0.509. The summed E-state index contributed by atoms with van der Waals surface area (Å²) in [7, 11) is 1.53. The minimum Gasteiger partial charge on any atom is -0.507 e. The first kappa shape index (κ1) is 19.6. The van der Waals surface area contributed by atoms with Crippen LogP contribution in [-0.4, -0.2) is 30.4 Å². The molecular weight excluding hydrogens is 354 g/mol. The zero-order chi connectivity index (χ0) is 19.1. The average molecular weight is 376 g/mol. The van der Waals surface area contributed by atoms with Gasteiger partial charge in [-0.1, -0.05) is 18.5 Å². The van der Waals surface area contributed by atoms with Crippen molar-refractivity contribution in [3.8, 4) is 11.5 Å². The van der Waals surface area contributed by atoms with Crippen molar-refractivity contribution in [2.75, 3.05) is 12.4 Å². The number of carbonyl (C=O) groups excluding carboxylic acids is 1. The third-order valence-electron chi connectivity index (χ3n) is 3.86. The highest BCUT2D eigenvalue weighted by Crippen LogP contribution is 2.22. The molecule has 0 saturated carbocycles. The number of benzene rings is 2. The van der Waals surface area contributed by atoms with E-state index < -0.39 is 6.04 Å². The van der Waals surface area contributed by atoms with Crippen LogP contribution in [0.4, 0.5) is 5.69 Å². The van der Waals surface area contributed by atoms with Crippen molar-refractivity contribution >= 4 is 29.4 Å². The normalized spacial score (nSPS) is 12.0. The van der Waals surface area contributed by atoms with Gasteiger partial charge in [-0.3, -0.25) is 4.79 Å². The van der Waals surface area contributed by atoms with Gasteiger partial charge in [0.1, 0.15) is 17.5 Å². The molecule has 2 aromatic rings. The molecule has 0 radical (unpaired) electrons. The molecule has 0 spiro atoms. The Hall–Kier alpha value is -2.73. The minimum absolute atomic E-state index is 0.0470. The van der Waals surface area contributed by atoms with Gasteiger partial charge in [0.05, 0.1) is 13.3 Å². The van der Waals surface area contributed by atoms with E-state index in [2.05, 4.69) is 15.8 Å². The Morgan fingerprint density at radius 1 is 1.35 bits per heavy atom. The van der Waals surface area contributed by atoms with Crippen molar-refractivity contribution in [2.45, 2.75) is 26.3 Å². The Labute approximate surface area is 157 Å². The van der Waals surface area contributed by atoms with E-state index in [1.165, 1.54) is 19.4 Å². The topological polar surface area (TPSA) is 83.0 Å². The number of phenols is 1. The highest BCUT2D eigenvalue weighted by Gasteiger charge is 2.16. The number of nitrogens with zero attached hydrogens (tertiary/aromatic N) is 1. The second kappa shape index (κ2) is 9.10. The summed E-state index contributed by atoms with van der Waals surface area (Å²) >= 11 is 5.96. The number of hydrazone groups is 1. The molecule has 26 heavy (non-hydrogen) atoms. The van der Waals surface area contributed by atoms with Crippen LogP contribution in [0.25, 0.3) is 0 Å². The van der Waals surface area contributed by atoms with Gasteiger partial charge in [0.25, 0.3) is 5.91 Å². The van der Waals surface area contributed by atoms with E-state index in [1.54, 1.807) is 18.2 Å². The highest BCUT2D eigenvalue weighted by molar-refractivity contribution is 6.30. The molecule has 0 aliphatic rings. The number of ether oxygens (including phenoxy) is 1. The summed E-state index contributed by atoms with van der Waals surface area (Å²) in [6.07, 6.45) is 1.95. The number of hydrogen-bond acceptors (Lipinski definition) is 5. The molecule has 0 aliphatic carbocycles. The lowest BCUT2D eigenvalue weighted by Crippen LogP contribution is -2.37. The van der Waals surface area contributed by atoms with Gasteiger partial charge in [-0.2, -0.15) is 5.10 Å². The number of rotatable bonds is 7. The molecule has 138 valence electrons. The van der Waals surface area contributed by atoms with Crippen LogP contribution in [0.3, 0.4) is 0 Å². The standard InChI is InChI=1S/C19H22ClN3O3/c1-4-16(22-17-7-5-14(20)9-12(17)2)19(25)23-21-11-13-10-15(26-3)6-8-18(13)24/h5-11,16,22,24H,4H2,1-3H3,(H,23,25)/b21-11-/t16-/m1/s1. The maximum Gasteiger partial charge on any atom is 0.262 e. The van der Waals surface area contributed by atoms with Gasteiger partial charge in [-0.05, 0) is 55.3 Å². The summed E-state index contributed by atoms with van der Waals surface area (Å²) in [5.74, 6) is 0.355. The van der Waals surface area contributed by atoms with Crippen molar-refractivity contribution in [1.29, 1.82) is 0 Å². The number of aromatic hydroxyl groups is 1. The molecule has 0 aliphatic heterocycles. The number of halogens is 1. The fourth-order valence-corrected chi connectivity index (χ4v) is 2.56. The lowest BCUT2D eigenvalue weighted by atomic mass is 10.1. The molecule has 2 rings (SSSR count). The van der Waals surface area contributed by atoms with E-state index in [9.17, 15) is 9.90 Å². The number of aryl methyl sites for hydroxylation is 1. The van der Waals surface area contributed by atoms with Gasteiger partial charge >= 0.3 is 0 Å². The Morgan fingerprint density at radius 3 is 2.77 bits per heavy atom. The summed E-state index contributed by atoms with van der Waals surface area (Å²) in [6.45, 7) is 3.82. The van der Waals surface area contributed by atoms with Crippen molar-refractivity contribution < 1.29 is 14.6 Å². The molecule has 0 unspecified atom stereocenters. The van der Waals surface area contributed by atoms with Gasteiger partial charge in [0.2, 0.25) is 0 Å². The maximum atomic E-state index is 12.4. The van der Waals surface area contributed by atoms with E-state index in [0.717, 1.165) is 11.3 Å². The summed E-state index contributed by atoms with van der Waals surface area (Å²) in [4.78, 5) is 12.4. The van der Waals surface area contributed by atoms with E-state index in [1.807, 2.05) is 26.0 Å². The number of hydrogen-bond donors (Lipinski definition) is 3. The van der Waals surface area contributed by atoms with E-state index in [0.29, 0.717) is 22.8 Å². The van der Waals surface area contributed by atoms with Gasteiger partial charge < -0.3 is 15.2 Å². The number of carbonyl (C=O) groups is 1. The van der Waals surface area contributed by atoms with Crippen LogP contribution in [-0.2, 0) is 4.79 Å². The van der Waals surface area contributed by atoms with Gasteiger partial charge in [-0.25, -0.2) is 5.43 Å². The summed E-state index contributed by atoms with van der Waals surface area (Å²) in [5.41, 5.74) is 4.72. The molecule has 0 fully saturated rings. The van der Waals surface area contributed by atoms with Crippen LogP contribution < -0.4 is 15.5 Å². The number of phenolic OH excluding ortho intramolecular Hbond substituents is 1. The average Bonchev–Trinajstić information content (AvgIpc) is 2.62. The first-order chi connectivity index (χ1) is 12.4. The molecule has 0 bridgehead atoms. The van der Waals surface area contributed by atoms with Crippen molar-refractivity contribution in [2.24, 2.45) is 5.10 Å². The number of anilines is 1. The molecular formula is C19H22ClN3O3. The van der Waals surface area contributed by atoms with Crippen LogP contribution in [0.1, 0.15) is 24.5 Å². The van der Waals surface area contributed by atoms with E-state index in [4.69, 9.17) is 16.3 Å². The minimum atomic E-state index is -0.453. The fraction of sp³-hybridized carbons (Fsp3) is 0.263. The summed E-state index contributed by atoms with van der Waals surface area (Å²) < 4.78 is 5.10. The number of amides is 1. The SMILES string of the molecule is CC[C@@H](Nc1ccc(Cl)cc1C)C(=O)N/N=C\c1cc(OC)ccc1O. The Kier molecular flexibility index (Phi) is 6.86. The van der Waals surface area contributed by atoms with Crippen LogP contribution in [0, 0.1) is 6.92 Å². The lowest BCUT2D eigenvalue weighted by molar-refractivity contribution is -0.121. The predicted molar refractivity (Wildman–Crippen MR) is 104 cm³/mol. The number of methoxy groups -OCH3 is 1. The van der Waals surface area contributed by atoms with Gasteiger partial charge in [-0.15, -0.1) is 0 Å². The Morgan fingerprint density at radius 2 is 2.12 bits per heavy atom. The molecule has 0 heterocycles. The zero-order valence-electron chi connectivity index (χ0n) is 14.9. The summed E-state index contributed by atoms with van der Waals surface area (Å²) in [5, 5.41) is 17.6. The van der Waals surface area contributed by atoms with Crippen LogP contribution in [0.15, 0.2) is 41.5 Å². The molecule has 3 N–H and O–H groups in total. The molecule has 1 atom stereocenters. The molecule has 2 aromatic carbocycles. The van der Waals surface area contributed by atoms with Gasteiger partial charge in [0.15, 0.2) is 0 Å². The summed E-state index contributed by atoms with van der Waals surface area (Å²) in [6, 6.07) is 9.75. The van der Waals surface area contributed by atoms with Crippen LogP contribution in [0.5, 0.6) is 11.5 Å². The van der Waals surface area contributed by atoms with Crippen molar-refractivity contribution in [3.05, 3.63) is 52.5 Å².